The summed E-state index contributed by atoms with van der Waals surface area (Å²) >= 11 is 0. The number of unbranched alkanes of at least 4 members (excludes halogenated alkanes) is 23. The minimum atomic E-state index is 1.23. The van der Waals surface area contributed by atoms with E-state index >= 15 is 0 Å². The average molecular weight is 518 g/mol. The third-order valence-corrected chi connectivity index (χ3v) is 8.37. The standard InChI is InChI=1S/C35H68N2/c1-4-7-10-12-14-16-17-18-19-20-21-22-23-24-26-28-31-35-36-33-34(30-9-6-3)37(35)32-29-27-25-15-13-11-8-5-2/h33H,4-32H2,1-3H3/p+1. The fourth-order valence-electron chi connectivity index (χ4n) is 5.79. The third kappa shape index (κ3) is 19.9. The predicted molar refractivity (Wildman–Crippen MR) is 165 cm³/mol. The fourth-order valence-corrected chi connectivity index (χ4v) is 5.79. The minimum Gasteiger partial charge on any atom is -0.247 e. The van der Waals surface area contributed by atoms with Gasteiger partial charge in [0.1, 0.15) is 11.9 Å². The zero-order chi connectivity index (χ0) is 26.7. The van der Waals surface area contributed by atoms with E-state index in [2.05, 4.69) is 36.5 Å². The van der Waals surface area contributed by atoms with Crippen molar-refractivity contribution < 1.29 is 4.57 Å². The molecule has 0 fully saturated rings. The Kier molecular flexibility index (Phi) is 24.8. The Hall–Kier alpha value is -0.790. The number of aromatic nitrogens is 2. The van der Waals surface area contributed by atoms with Crippen LogP contribution in [0, 0.1) is 0 Å². The minimum absolute atomic E-state index is 1.23. The van der Waals surface area contributed by atoms with Crippen LogP contribution < -0.4 is 4.57 Å². The first-order chi connectivity index (χ1) is 18.3. The van der Waals surface area contributed by atoms with Gasteiger partial charge in [-0.05, 0) is 25.7 Å². The first-order valence-electron chi connectivity index (χ1n) is 17.4. The van der Waals surface area contributed by atoms with Crippen LogP contribution in [0.1, 0.15) is 199 Å². The molecule has 0 aliphatic rings. The van der Waals surface area contributed by atoms with Crippen molar-refractivity contribution >= 4 is 0 Å². The Morgan fingerprint density at radius 1 is 0.432 bits per heavy atom. The van der Waals surface area contributed by atoms with E-state index < -0.39 is 0 Å². The van der Waals surface area contributed by atoms with Crippen LogP contribution in [-0.4, -0.2) is 4.98 Å². The molecule has 1 N–H and O–H groups in total. The summed E-state index contributed by atoms with van der Waals surface area (Å²) in [5.41, 5.74) is 1.55. The van der Waals surface area contributed by atoms with Gasteiger partial charge in [0.25, 0.3) is 5.82 Å². The Balaban J connectivity index is 2.09. The number of nitrogens with one attached hydrogen (secondary N) is 1. The largest absolute Gasteiger partial charge is 0.254 e. The van der Waals surface area contributed by atoms with Crippen molar-refractivity contribution in [1.82, 2.24) is 4.98 Å². The predicted octanol–water partition coefficient (Wildman–Crippen LogP) is 11.6. The van der Waals surface area contributed by atoms with Gasteiger partial charge in [0.15, 0.2) is 0 Å². The topological polar surface area (TPSA) is 19.7 Å². The Bertz CT molecular complexity index is 576. The number of hydrogen-bond donors (Lipinski definition) is 1. The molecule has 1 heterocycles. The summed E-state index contributed by atoms with van der Waals surface area (Å²) in [4.78, 5) is 3.67. The van der Waals surface area contributed by atoms with Gasteiger partial charge in [0, 0.05) is 12.8 Å². The molecule has 1 aromatic rings. The molecule has 0 amide bonds. The van der Waals surface area contributed by atoms with Gasteiger partial charge in [0.05, 0.1) is 6.54 Å². The maximum Gasteiger partial charge on any atom is 0.254 e. The van der Waals surface area contributed by atoms with Crippen molar-refractivity contribution in [3.63, 3.8) is 0 Å². The highest BCUT2D eigenvalue weighted by Crippen LogP contribution is 2.15. The van der Waals surface area contributed by atoms with Crippen molar-refractivity contribution in [2.75, 3.05) is 0 Å². The van der Waals surface area contributed by atoms with Crippen LogP contribution in [0.2, 0.25) is 0 Å². The van der Waals surface area contributed by atoms with Crippen molar-refractivity contribution in [2.45, 2.75) is 207 Å². The van der Waals surface area contributed by atoms with Crippen molar-refractivity contribution in [2.24, 2.45) is 0 Å². The highest BCUT2D eigenvalue weighted by atomic mass is 15.1. The monoisotopic (exact) mass is 518 g/mol. The van der Waals surface area contributed by atoms with Crippen molar-refractivity contribution in [3.05, 3.63) is 17.7 Å². The lowest BCUT2D eigenvalue weighted by atomic mass is 10.0. The van der Waals surface area contributed by atoms with Crippen LogP contribution in [0.15, 0.2) is 6.20 Å². The maximum absolute atomic E-state index is 3.67. The van der Waals surface area contributed by atoms with Crippen LogP contribution in [0.25, 0.3) is 0 Å². The van der Waals surface area contributed by atoms with E-state index in [-0.39, 0.29) is 0 Å². The number of imidazole rings is 1. The van der Waals surface area contributed by atoms with E-state index in [1.54, 1.807) is 5.69 Å². The number of aryl methyl sites for hydroxylation is 2. The number of aromatic amines is 1. The first kappa shape index (κ1) is 34.2. The maximum atomic E-state index is 3.67. The molecule has 0 unspecified atom stereocenters. The summed E-state index contributed by atoms with van der Waals surface area (Å²) in [6, 6.07) is 0. The smallest absolute Gasteiger partial charge is 0.247 e. The molecule has 0 saturated carbocycles. The molecule has 2 heteroatoms. The van der Waals surface area contributed by atoms with E-state index in [1.165, 1.54) is 192 Å². The molecule has 0 atom stereocenters. The summed E-state index contributed by atoms with van der Waals surface area (Å²) in [5, 5.41) is 0. The van der Waals surface area contributed by atoms with E-state index in [0.717, 1.165) is 0 Å². The van der Waals surface area contributed by atoms with Gasteiger partial charge in [0.2, 0.25) is 0 Å². The SMILES string of the molecule is CCCCCCCCCCCCCCCCCCc1[nH]cc(CCCC)[n+]1CCCCCCCCCC. The number of H-pyrrole nitrogens is 1. The van der Waals surface area contributed by atoms with Gasteiger partial charge in [-0.25, -0.2) is 9.55 Å². The molecule has 0 aliphatic heterocycles. The lowest BCUT2D eigenvalue weighted by molar-refractivity contribution is -0.710. The molecule has 0 spiro atoms. The second-order valence-corrected chi connectivity index (χ2v) is 12.0. The highest BCUT2D eigenvalue weighted by Gasteiger charge is 2.16. The van der Waals surface area contributed by atoms with Crippen molar-refractivity contribution in [1.29, 1.82) is 0 Å². The number of hydrogen-bond acceptors (Lipinski definition) is 0. The summed E-state index contributed by atoms with van der Waals surface area (Å²) in [6.07, 6.45) is 41.8. The molecule has 0 radical (unpaired) electrons. The molecule has 2 nitrogen and oxygen atoms in total. The quantitative estimate of drug-likeness (QED) is 0.0805. The lowest BCUT2D eigenvalue weighted by Crippen LogP contribution is -2.40. The second kappa shape index (κ2) is 26.8. The first-order valence-corrected chi connectivity index (χ1v) is 17.4. The van der Waals surface area contributed by atoms with E-state index in [0.29, 0.717) is 0 Å². The summed E-state index contributed by atoms with van der Waals surface area (Å²) in [7, 11) is 0. The van der Waals surface area contributed by atoms with Gasteiger partial charge >= 0.3 is 0 Å². The zero-order valence-electron chi connectivity index (χ0n) is 26.0. The van der Waals surface area contributed by atoms with Crippen molar-refractivity contribution in [3.8, 4) is 0 Å². The van der Waals surface area contributed by atoms with Crippen LogP contribution in [-0.2, 0) is 19.4 Å². The average Bonchev–Trinajstić information content (AvgIpc) is 3.29. The molecule has 218 valence electrons. The Morgan fingerprint density at radius 2 is 0.811 bits per heavy atom. The van der Waals surface area contributed by atoms with Gasteiger partial charge in [-0.3, -0.25) is 0 Å². The molecular formula is C35H69N2+. The molecular weight excluding hydrogens is 448 g/mol. The highest BCUT2D eigenvalue weighted by molar-refractivity contribution is 4.92. The van der Waals surface area contributed by atoms with E-state index in [9.17, 15) is 0 Å². The van der Waals surface area contributed by atoms with E-state index in [1.807, 2.05) is 0 Å². The van der Waals surface area contributed by atoms with Gasteiger partial charge in [-0.15, -0.1) is 0 Å². The molecule has 0 aliphatic carbocycles. The summed E-state index contributed by atoms with van der Waals surface area (Å²) in [6.45, 7) is 8.15. The van der Waals surface area contributed by atoms with Gasteiger partial charge in [-0.1, -0.05) is 162 Å². The van der Waals surface area contributed by atoms with E-state index in [4.69, 9.17) is 0 Å². The van der Waals surface area contributed by atoms with Crippen LogP contribution in [0.4, 0.5) is 0 Å². The van der Waals surface area contributed by atoms with Gasteiger partial charge < -0.3 is 0 Å². The molecule has 0 aromatic carbocycles. The number of rotatable bonds is 29. The molecule has 1 rings (SSSR count). The summed E-state index contributed by atoms with van der Waals surface area (Å²) in [5.74, 6) is 1.50. The molecule has 0 saturated heterocycles. The fraction of sp³-hybridized carbons (Fsp3) is 0.914. The molecule has 0 bridgehead atoms. The Labute approximate surface area is 234 Å². The van der Waals surface area contributed by atoms with Crippen LogP contribution in [0.5, 0.6) is 0 Å². The molecule has 37 heavy (non-hydrogen) atoms. The third-order valence-electron chi connectivity index (χ3n) is 8.37. The number of nitrogens with zero attached hydrogens (tertiary/aromatic N) is 1. The van der Waals surface area contributed by atoms with Crippen LogP contribution in [0.3, 0.4) is 0 Å². The normalized spacial score (nSPS) is 11.5. The van der Waals surface area contributed by atoms with Gasteiger partial charge in [-0.2, -0.15) is 0 Å². The Morgan fingerprint density at radius 3 is 1.24 bits per heavy atom. The molecule has 1 aromatic heterocycles. The second-order valence-electron chi connectivity index (χ2n) is 12.0. The lowest BCUT2D eigenvalue weighted by Gasteiger charge is -2.06. The van der Waals surface area contributed by atoms with Crippen LogP contribution >= 0.6 is 0 Å². The zero-order valence-corrected chi connectivity index (χ0v) is 26.0. The summed E-state index contributed by atoms with van der Waals surface area (Å²) < 4.78 is 2.66.